The van der Waals surface area contributed by atoms with Gasteiger partial charge in [0, 0.05) is 0 Å². The number of ether oxygens (including phenoxy) is 2. The van der Waals surface area contributed by atoms with Crippen LogP contribution < -0.4 is 16.0 Å². The molecule has 0 radical (unpaired) electrons. The monoisotopic (exact) mass is 507 g/mol. The highest BCUT2D eigenvalue weighted by atomic mass is 127. The first-order valence-corrected chi connectivity index (χ1v) is 9.90. The molecule has 0 aliphatic carbocycles. The van der Waals surface area contributed by atoms with Crippen LogP contribution >= 0.6 is 22.6 Å². The number of rotatable bonds is 6. The Hall–Kier alpha value is -2.95. The maximum atomic E-state index is 12.5. The predicted octanol–water partition coefficient (Wildman–Crippen LogP) is 2.51. The summed E-state index contributed by atoms with van der Waals surface area (Å²) in [5.74, 6) is 0.0767. The first-order valence-electron chi connectivity index (χ1n) is 8.82. The van der Waals surface area contributed by atoms with Gasteiger partial charge in [0.15, 0.2) is 6.10 Å². The lowest BCUT2D eigenvalue weighted by molar-refractivity contribution is -0.150. The number of hydrogen-bond acceptors (Lipinski definition) is 6. The van der Waals surface area contributed by atoms with Crippen molar-refractivity contribution in [3.8, 4) is 5.75 Å². The number of fused-ring (bicyclic) bond motifs is 1. The number of halogens is 1. The van der Waals surface area contributed by atoms with Crippen LogP contribution in [0.5, 0.6) is 5.75 Å². The lowest BCUT2D eigenvalue weighted by Gasteiger charge is -2.14. The quantitative estimate of drug-likeness (QED) is 0.314. The Morgan fingerprint density at radius 2 is 2.03 bits per heavy atom. The van der Waals surface area contributed by atoms with Crippen molar-refractivity contribution in [2.45, 2.75) is 20.0 Å². The highest BCUT2D eigenvalue weighted by Crippen LogP contribution is 2.23. The van der Waals surface area contributed by atoms with Gasteiger partial charge in [-0.1, -0.05) is 12.1 Å². The van der Waals surface area contributed by atoms with Crippen molar-refractivity contribution in [3.05, 3.63) is 72.4 Å². The SMILES string of the molecule is CCOC(=O)[C@H](C)Oc1ccc(C=Nn2c(=O)[nH]c3ccccc3c2=O)cc1I. The third-order valence-electron chi connectivity index (χ3n) is 3.98. The number of H-pyrrole nitrogens is 1. The molecule has 0 aliphatic heterocycles. The molecule has 150 valence electrons. The summed E-state index contributed by atoms with van der Waals surface area (Å²) in [6, 6.07) is 11.9. The Kier molecular flexibility index (Phi) is 6.47. The maximum Gasteiger partial charge on any atom is 0.349 e. The lowest BCUT2D eigenvalue weighted by atomic mass is 10.2. The molecule has 8 nitrogen and oxygen atoms in total. The molecule has 1 heterocycles. The number of nitrogens with zero attached hydrogens (tertiary/aromatic N) is 2. The van der Waals surface area contributed by atoms with Crippen LogP contribution in [-0.2, 0) is 9.53 Å². The Morgan fingerprint density at radius 3 is 2.76 bits per heavy atom. The summed E-state index contributed by atoms with van der Waals surface area (Å²) >= 11 is 2.07. The van der Waals surface area contributed by atoms with Gasteiger partial charge < -0.3 is 14.5 Å². The second-order valence-electron chi connectivity index (χ2n) is 6.04. The number of hydrogen-bond donors (Lipinski definition) is 1. The van der Waals surface area contributed by atoms with E-state index in [0.29, 0.717) is 22.2 Å². The van der Waals surface area contributed by atoms with Crippen molar-refractivity contribution in [1.29, 1.82) is 0 Å². The highest BCUT2D eigenvalue weighted by molar-refractivity contribution is 14.1. The normalized spacial score (nSPS) is 12.2. The molecule has 1 aromatic heterocycles. The van der Waals surface area contributed by atoms with Crippen LogP contribution in [0.2, 0.25) is 0 Å². The minimum atomic E-state index is -0.738. The maximum absolute atomic E-state index is 12.5. The third kappa shape index (κ3) is 4.73. The van der Waals surface area contributed by atoms with E-state index in [4.69, 9.17) is 9.47 Å². The number of carbonyl (C=O) groups is 1. The van der Waals surface area contributed by atoms with Crippen LogP contribution in [0.1, 0.15) is 19.4 Å². The largest absolute Gasteiger partial charge is 0.478 e. The van der Waals surface area contributed by atoms with Crippen LogP contribution in [0.25, 0.3) is 10.9 Å². The minimum Gasteiger partial charge on any atom is -0.478 e. The second-order valence-corrected chi connectivity index (χ2v) is 7.20. The van der Waals surface area contributed by atoms with Crippen molar-refractivity contribution in [2.75, 3.05) is 6.61 Å². The molecule has 0 unspecified atom stereocenters. The summed E-state index contributed by atoms with van der Waals surface area (Å²) in [6.45, 7) is 3.63. The number of aromatic nitrogens is 2. The molecule has 29 heavy (non-hydrogen) atoms. The molecule has 0 saturated heterocycles. The average molecular weight is 507 g/mol. The van der Waals surface area contributed by atoms with Crippen molar-refractivity contribution in [3.63, 3.8) is 0 Å². The minimum absolute atomic E-state index is 0.284. The Bertz CT molecular complexity index is 1200. The van der Waals surface area contributed by atoms with Gasteiger partial charge in [0.2, 0.25) is 0 Å². The van der Waals surface area contributed by atoms with Crippen LogP contribution in [0.3, 0.4) is 0 Å². The van der Waals surface area contributed by atoms with Crippen molar-refractivity contribution < 1.29 is 14.3 Å². The first-order chi connectivity index (χ1) is 13.9. The predicted molar refractivity (Wildman–Crippen MR) is 118 cm³/mol. The molecular weight excluding hydrogens is 489 g/mol. The van der Waals surface area contributed by atoms with E-state index in [1.165, 1.54) is 6.21 Å². The van der Waals surface area contributed by atoms with E-state index in [2.05, 4.69) is 32.7 Å². The van der Waals surface area contributed by atoms with E-state index in [9.17, 15) is 14.4 Å². The highest BCUT2D eigenvalue weighted by Gasteiger charge is 2.17. The van der Waals surface area contributed by atoms with Gasteiger partial charge in [0.25, 0.3) is 5.56 Å². The number of carbonyl (C=O) groups excluding carboxylic acids is 1. The summed E-state index contributed by atoms with van der Waals surface area (Å²) in [4.78, 5) is 39.0. The fourth-order valence-electron chi connectivity index (χ4n) is 2.57. The number of benzene rings is 2. The molecule has 1 N–H and O–H groups in total. The summed E-state index contributed by atoms with van der Waals surface area (Å²) in [7, 11) is 0. The third-order valence-corrected chi connectivity index (χ3v) is 4.83. The molecule has 0 fully saturated rings. The van der Waals surface area contributed by atoms with Crippen LogP contribution in [0, 0.1) is 3.57 Å². The molecule has 0 saturated carbocycles. The molecular formula is C20H18IN3O5. The Morgan fingerprint density at radius 1 is 1.28 bits per heavy atom. The molecule has 1 atom stereocenters. The number of para-hydroxylation sites is 1. The van der Waals surface area contributed by atoms with Gasteiger partial charge in [-0.05, 0) is 72.3 Å². The summed E-state index contributed by atoms with van der Waals surface area (Å²) in [5.41, 5.74) is -0.00732. The van der Waals surface area contributed by atoms with E-state index < -0.39 is 23.3 Å². The number of nitrogens with one attached hydrogen (secondary N) is 1. The van der Waals surface area contributed by atoms with Crippen LogP contribution in [0.4, 0.5) is 0 Å². The molecule has 0 amide bonds. The molecule has 3 rings (SSSR count). The van der Waals surface area contributed by atoms with Gasteiger partial charge in [0.1, 0.15) is 5.75 Å². The molecule has 2 aromatic carbocycles. The van der Waals surface area contributed by atoms with Gasteiger partial charge >= 0.3 is 11.7 Å². The smallest absolute Gasteiger partial charge is 0.349 e. The van der Waals surface area contributed by atoms with Gasteiger partial charge in [-0.15, -0.1) is 4.68 Å². The van der Waals surface area contributed by atoms with E-state index in [0.717, 1.165) is 8.25 Å². The zero-order chi connectivity index (χ0) is 21.0. The average Bonchev–Trinajstić information content (AvgIpc) is 2.70. The fourth-order valence-corrected chi connectivity index (χ4v) is 3.24. The Labute approximate surface area is 179 Å². The molecule has 0 spiro atoms. The van der Waals surface area contributed by atoms with Crippen molar-refractivity contribution in [2.24, 2.45) is 5.10 Å². The molecule has 0 bridgehead atoms. The fraction of sp³-hybridized carbons (Fsp3) is 0.200. The zero-order valence-corrected chi connectivity index (χ0v) is 17.9. The topological polar surface area (TPSA) is 103 Å². The van der Waals surface area contributed by atoms with Gasteiger partial charge in [-0.2, -0.15) is 5.10 Å². The van der Waals surface area contributed by atoms with Crippen LogP contribution in [-0.4, -0.2) is 34.6 Å². The Balaban J connectivity index is 1.84. The molecule has 0 aliphatic rings. The van der Waals surface area contributed by atoms with E-state index in [1.807, 2.05) is 0 Å². The number of aromatic amines is 1. The van der Waals surface area contributed by atoms with Gasteiger partial charge in [-0.25, -0.2) is 9.59 Å². The first kappa shape index (κ1) is 20.8. The van der Waals surface area contributed by atoms with E-state index in [-0.39, 0.29) is 6.61 Å². The molecule has 3 aromatic rings. The van der Waals surface area contributed by atoms with Crippen LogP contribution in [0.15, 0.2) is 57.2 Å². The van der Waals surface area contributed by atoms with Crippen molar-refractivity contribution >= 4 is 45.7 Å². The number of esters is 1. The summed E-state index contributed by atoms with van der Waals surface area (Å²) < 4.78 is 12.1. The summed E-state index contributed by atoms with van der Waals surface area (Å²) in [5, 5.41) is 4.40. The van der Waals surface area contributed by atoms with E-state index in [1.54, 1.807) is 56.3 Å². The molecule has 9 heteroatoms. The zero-order valence-electron chi connectivity index (χ0n) is 15.7. The van der Waals surface area contributed by atoms with Crippen molar-refractivity contribution in [1.82, 2.24) is 9.66 Å². The standard InChI is InChI=1S/C20H18IN3O5/c1-3-28-19(26)12(2)29-17-9-8-13(10-15(17)21)11-22-24-18(25)14-6-4-5-7-16(14)23-20(24)27/h4-12H,3H2,1-2H3,(H,23,27)/t12-/m0/s1. The second kappa shape index (κ2) is 9.03. The van der Waals surface area contributed by atoms with Gasteiger partial charge in [-0.3, -0.25) is 4.79 Å². The lowest BCUT2D eigenvalue weighted by Crippen LogP contribution is -2.32. The van der Waals surface area contributed by atoms with Gasteiger partial charge in [0.05, 0.1) is 27.3 Å². The van der Waals surface area contributed by atoms with E-state index >= 15 is 0 Å². The summed E-state index contributed by atoms with van der Waals surface area (Å²) in [6.07, 6.45) is 0.671.